The van der Waals surface area contributed by atoms with Gasteiger partial charge in [-0.2, -0.15) is 0 Å². The predicted octanol–water partition coefficient (Wildman–Crippen LogP) is 4.68. The van der Waals surface area contributed by atoms with Crippen LogP contribution in [0.5, 0.6) is 5.75 Å². The molecule has 0 aromatic heterocycles. The van der Waals surface area contributed by atoms with Crippen LogP contribution < -0.4 is 10.1 Å². The van der Waals surface area contributed by atoms with Crippen molar-refractivity contribution in [2.75, 3.05) is 13.7 Å². The van der Waals surface area contributed by atoms with Gasteiger partial charge >= 0.3 is 0 Å². The van der Waals surface area contributed by atoms with Crippen LogP contribution >= 0.6 is 0 Å². The van der Waals surface area contributed by atoms with Gasteiger partial charge in [-0.15, -0.1) is 0 Å². The number of allylic oxidation sites excluding steroid dienone is 1. The summed E-state index contributed by atoms with van der Waals surface area (Å²) in [5.41, 5.74) is 4.53. The standard InChI is InChI=1S/C25H34N2O3/c1-5-8-22-23(16-27-24(22)30-20-13-11-17(2)12-14-20)18(3)26-15-19-9-6-7-10-21(19)25(28)29-4/h7,10-14,16,18,22,25-26,28H,5-6,8-9,15H2,1-4H3/t18?,22?,25-/m0/s1. The number of hydrogen-bond donors (Lipinski definition) is 2. The maximum Gasteiger partial charge on any atom is 0.201 e. The molecule has 1 aliphatic carbocycles. The van der Waals surface area contributed by atoms with Gasteiger partial charge in [0, 0.05) is 31.5 Å². The van der Waals surface area contributed by atoms with Crippen LogP contribution in [-0.4, -0.2) is 37.0 Å². The number of aliphatic hydroxyl groups is 1. The Balaban J connectivity index is 1.65. The Labute approximate surface area is 180 Å². The molecule has 2 unspecified atom stereocenters. The zero-order chi connectivity index (χ0) is 21.5. The third-order valence-electron chi connectivity index (χ3n) is 5.79. The van der Waals surface area contributed by atoms with Crippen LogP contribution in [0.4, 0.5) is 0 Å². The van der Waals surface area contributed by atoms with Crippen molar-refractivity contribution >= 4 is 5.90 Å². The molecule has 2 aliphatic rings. The van der Waals surface area contributed by atoms with Crippen LogP contribution in [-0.2, 0) is 4.74 Å². The van der Waals surface area contributed by atoms with E-state index in [1.807, 2.05) is 24.4 Å². The van der Waals surface area contributed by atoms with Gasteiger partial charge < -0.3 is 19.9 Å². The van der Waals surface area contributed by atoms with Gasteiger partial charge in [0.1, 0.15) is 5.75 Å². The first kappa shape index (κ1) is 22.5. The molecule has 1 aliphatic heterocycles. The van der Waals surface area contributed by atoms with Gasteiger partial charge in [0.15, 0.2) is 6.29 Å². The first-order valence-electron chi connectivity index (χ1n) is 10.9. The normalized spacial score (nSPS) is 20.8. The maximum atomic E-state index is 10.1. The maximum absolute atomic E-state index is 10.1. The van der Waals surface area contributed by atoms with Crippen LogP contribution in [0.2, 0.25) is 0 Å². The number of nitrogens with one attached hydrogen (secondary N) is 1. The number of aliphatic imine (C=N–C) groups is 1. The number of hydrogen-bond acceptors (Lipinski definition) is 5. The first-order chi connectivity index (χ1) is 14.5. The Morgan fingerprint density at radius 3 is 2.73 bits per heavy atom. The van der Waals surface area contributed by atoms with E-state index in [1.165, 1.54) is 23.8 Å². The molecule has 30 heavy (non-hydrogen) atoms. The average molecular weight is 411 g/mol. The van der Waals surface area contributed by atoms with Crippen LogP contribution in [0.15, 0.2) is 64.3 Å². The number of aliphatic hydroxyl groups excluding tert-OH is 1. The van der Waals surface area contributed by atoms with Gasteiger partial charge in [-0.3, -0.25) is 0 Å². The minimum Gasteiger partial charge on any atom is -0.442 e. The second kappa shape index (κ2) is 10.7. The van der Waals surface area contributed by atoms with E-state index in [9.17, 15) is 5.11 Å². The second-order valence-electron chi connectivity index (χ2n) is 8.04. The molecule has 5 heteroatoms. The summed E-state index contributed by atoms with van der Waals surface area (Å²) in [7, 11) is 1.53. The summed E-state index contributed by atoms with van der Waals surface area (Å²) in [4.78, 5) is 4.62. The summed E-state index contributed by atoms with van der Waals surface area (Å²) in [6.07, 6.45) is 9.14. The lowest BCUT2D eigenvalue weighted by Crippen LogP contribution is -2.35. The summed E-state index contributed by atoms with van der Waals surface area (Å²) in [6.45, 7) is 7.14. The number of nitrogens with zero attached hydrogens (tertiary/aromatic N) is 1. The summed E-state index contributed by atoms with van der Waals surface area (Å²) >= 11 is 0. The van der Waals surface area contributed by atoms with E-state index < -0.39 is 6.29 Å². The molecule has 5 nitrogen and oxygen atoms in total. The Morgan fingerprint density at radius 1 is 1.27 bits per heavy atom. The van der Waals surface area contributed by atoms with E-state index in [0.29, 0.717) is 6.54 Å². The smallest absolute Gasteiger partial charge is 0.201 e. The van der Waals surface area contributed by atoms with Crippen molar-refractivity contribution in [3.8, 4) is 5.75 Å². The highest BCUT2D eigenvalue weighted by molar-refractivity contribution is 5.86. The minimum atomic E-state index is -0.870. The molecular weight excluding hydrogens is 376 g/mol. The van der Waals surface area contributed by atoms with Gasteiger partial charge in [-0.05, 0) is 56.4 Å². The first-order valence-corrected chi connectivity index (χ1v) is 10.9. The molecule has 0 saturated carbocycles. The molecule has 162 valence electrons. The zero-order valence-electron chi connectivity index (χ0n) is 18.5. The topological polar surface area (TPSA) is 63.1 Å². The number of methoxy groups -OCH3 is 1. The van der Waals surface area contributed by atoms with E-state index in [1.54, 1.807) is 0 Å². The highest BCUT2D eigenvalue weighted by atomic mass is 16.6. The number of ether oxygens (including phenoxy) is 2. The third-order valence-corrected chi connectivity index (χ3v) is 5.79. The quantitative estimate of drug-likeness (QED) is 0.581. The molecule has 1 aromatic rings. The molecule has 1 heterocycles. The summed E-state index contributed by atoms with van der Waals surface area (Å²) in [5, 5.41) is 13.8. The monoisotopic (exact) mass is 410 g/mol. The van der Waals surface area contributed by atoms with E-state index in [0.717, 1.165) is 42.9 Å². The molecule has 0 saturated heterocycles. The van der Waals surface area contributed by atoms with Gasteiger partial charge in [-0.25, -0.2) is 4.99 Å². The fourth-order valence-corrected chi connectivity index (χ4v) is 3.98. The van der Waals surface area contributed by atoms with E-state index in [2.05, 4.69) is 49.3 Å². The van der Waals surface area contributed by atoms with Crippen molar-refractivity contribution in [2.45, 2.75) is 58.8 Å². The van der Waals surface area contributed by atoms with Gasteiger partial charge in [-0.1, -0.05) is 43.2 Å². The molecular formula is C25H34N2O3. The van der Waals surface area contributed by atoms with Gasteiger partial charge in [0.2, 0.25) is 5.90 Å². The lowest BCUT2D eigenvalue weighted by molar-refractivity contribution is -0.0430. The Bertz CT molecular complexity index is 836. The fourth-order valence-electron chi connectivity index (χ4n) is 3.98. The van der Waals surface area contributed by atoms with E-state index >= 15 is 0 Å². The molecule has 0 radical (unpaired) electrons. The predicted molar refractivity (Wildman–Crippen MR) is 122 cm³/mol. The lowest BCUT2D eigenvalue weighted by Gasteiger charge is -2.25. The highest BCUT2D eigenvalue weighted by Crippen LogP contribution is 2.30. The molecule has 3 atom stereocenters. The number of aryl methyl sites for hydroxylation is 1. The molecule has 0 spiro atoms. The molecule has 2 N–H and O–H groups in total. The Morgan fingerprint density at radius 2 is 2.03 bits per heavy atom. The van der Waals surface area contributed by atoms with Gasteiger partial charge in [0.05, 0.1) is 5.92 Å². The Hall–Kier alpha value is -2.21. The van der Waals surface area contributed by atoms with Crippen molar-refractivity contribution in [3.05, 3.63) is 64.9 Å². The van der Waals surface area contributed by atoms with E-state index in [4.69, 9.17) is 9.47 Å². The van der Waals surface area contributed by atoms with Crippen molar-refractivity contribution in [2.24, 2.45) is 10.9 Å². The third kappa shape index (κ3) is 5.48. The highest BCUT2D eigenvalue weighted by Gasteiger charge is 2.30. The van der Waals surface area contributed by atoms with Crippen molar-refractivity contribution in [1.82, 2.24) is 5.32 Å². The largest absolute Gasteiger partial charge is 0.442 e. The van der Waals surface area contributed by atoms with Crippen LogP contribution in [0.1, 0.15) is 45.1 Å². The Kier molecular flexibility index (Phi) is 8.02. The number of benzene rings is 1. The minimum absolute atomic E-state index is 0.156. The summed E-state index contributed by atoms with van der Waals surface area (Å²) in [6, 6.07) is 8.25. The summed E-state index contributed by atoms with van der Waals surface area (Å²) in [5.74, 6) is 1.79. The van der Waals surface area contributed by atoms with Crippen molar-refractivity contribution in [1.29, 1.82) is 0 Å². The summed E-state index contributed by atoms with van der Waals surface area (Å²) < 4.78 is 11.3. The van der Waals surface area contributed by atoms with Crippen molar-refractivity contribution in [3.63, 3.8) is 0 Å². The van der Waals surface area contributed by atoms with Gasteiger partial charge in [0.25, 0.3) is 0 Å². The van der Waals surface area contributed by atoms with Crippen molar-refractivity contribution < 1.29 is 14.6 Å². The molecule has 3 rings (SSSR count). The lowest BCUT2D eigenvalue weighted by atomic mass is 9.91. The fraction of sp³-hybridized carbons (Fsp3) is 0.480. The van der Waals surface area contributed by atoms with Crippen LogP contribution in [0.3, 0.4) is 0 Å². The molecule has 0 amide bonds. The molecule has 1 aromatic carbocycles. The van der Waals surface area contributed by atoms with Crippen LogP contribution in [0.25, 0.3) is 0 Å². The van der Waals surface area contributed by atoms with E-state index in [-0.39, 0.29) is 12.0 Å². The molecule has 0 fully saturated rings. The SMILES string of the molecule is CCCC1C(C(C)NCC2=C([C@@H](O)OC)C=CCC2)=CN=C1Oc1ccc(C)cc1. The second-order valence-corrected chi connectivity index (χ2v) is 8.04. The number of rotatable bonds is 9. The molecule has 0 bridgehead atoms. The average Bonchev–Trinajstić information content (AvgIpc) is 3.16. The van der Waals surface area contributed by atoms with Crippen LogP contribution in [0, 0.1) is 12.8 Å². The zero-order valence-corrected chi connectivity index (χ0v) is 18.5.